The molecule has 2 unspecified atom stereocenters. The smallest absolute Gasteiger partial charge is 0.340 e. The van der Waals surface area contributed by atoms with E-state index < -0.39 is 11.9 Å². The Bertz CT molecular complexity index is 2310. The molecule has 0 radical (unpaired) electrons. The number of ether oxygens (including phenoxy) is 2. The summed E-state index contributed by atoms with van der Waals surface area (Å²) in [5, 5.41) is 40.2. The number of aromatic hydroxyl groups is 1. The third kappa shape index (κ3) is 13.9. The van der Waals surface area contributed by atoms with E-state index in [0.29, 0.717) is 92.4 Å². The minimum Gasteiger partial charge on any atom is -0.872 e. The molecule has 334 valence electrons. The number of pyridine rings is 4. The van der Waals surface area contributed by atoms with Crippen molar-refractivity contribution in [3.63, 3.8) is 0 Å². The molecule has 0 fully saturated rings. The van der Waals surface area contributed by atoms with Gasteiger partial charge in [0, 0.05) is 34.3 Å². The van der Waals surface area contributed by atoms with Crippen LogP contribution in [0, 0.1) is 25.7 Å². The minimum absolute atomic E-state index is 0. The molecular weight excluding hydrogens is 843 g/mol. The topological polar surface area (TPSA) is 197 Å². The van der Waals surface area contributed by atoms with Crippen LogP contribution in [0.15, 0.2) is 106 Å². The van der Waals surface area contributed by atoms with E-state index in [9.17, 15) is 19.8 Å². The Morgan fingerprint density at radius 3 is 1.56 bits per heavy atom. The number of hydrogen-bond donors (Lipinski definition) is 1. The van der Waals surface area contributed by atoms with E-state index in [4.69, 9.17) is 9.47 Å². The van der Waals surface area contributed by atoms with Crippen molar-refractivity contribution >= 4 is 56.8 Å². The van der Waals surface area contributed by atoms with Gasteiger partial charge in [0.05, 0.1) is 41.2 Å². The van der Waals surface area contributed by atoms with Crippen molar-refractivity contribution < 1.29 is 45.8 Å². The predicted octanol–water partition coefficient (Wildman–Crippen LogP) is 12.2. The monoisotopic (exact) mass is 897 g/mol. The fraction of sp³-hybridized carbons (Fsp3) is 0.375. The second-order valence-corrected chi connectivity index (χ2v) is 15.0. The van der Waals surface area contributed by atoms with Crippen LogP contribution in [0.2, 0.25) is 0 Å². The van der Waals surface area contributed by atoms with Crippen molar-refractivity contribution in [2.45, 2.75) is 92.9 Å². The molecule has 0 saturated carbocycles. The molecule has 0 aliphatic carbocycles. The number of carbonyl (C=O) groups is 2. The number of aromatic nitrogens is 4. The van der Waals surface area contributed by atoms with Crippen LogP contribution >= 0.6 is 0 Å². The third-order valence-electron chi connectivity index (χ3n) is 10.5. The Morgan fingerprint density at radius 1 is 0.651 bits per heavy atom. The predicted molar refractivity (Wildman–Crippen MR) is 238 cm³/mol. The Labute approximate surface area is 378 Å². The molecule has 1 N–H and O–H groups in total. The molecule has 14 nitrogen and oxygen atoms in total. The van der Waals surface area contributed by atoms with Crippen molar-refractivity contribution in [3.05, 3.63) is 108 Å². The quantitative estimate of drug-likeness (QED) is 0.0492. The van der Waals surface area contributed by atoms with E-state index >= 15 is 0 Å². The van der Waals surface area contributed by atoms with E-state index in [1.807, 2.05) is 12.1 Å². The molecule has 4 heterocycles. The summed E-state index contributed by atoms with van der Waals surface area (Å²) in [5.41, 5.74) is 3.42. The maximum atomic E-state index is 12.7. The van der Waals surface area contributed by atoms with E-state index in [1.54, 1.807) is 74.8 Å². The van der Waals surface area contributed by atoms with Gasteiger partial charge in [0.1, 0.15) is 22.6 Å². The van der Waals surface area contributed by atoms with Gasteiger partial charge in [-0.05, 0) is 98.5 Å². The van der Waals surface area contributed by atoms with E-state index in [2.05, 4.69) is 68.1 Å². The van der Waals surface area contributed by atoms with Gasteiger partial charge in [-0.15, -0.1) is 20.5 Å². The Hall–Kier alpha value is -6.21. The SMILES string of the molecule is CCCCC(CC)COC(=O)c1cc2c(O)ccc(N=Nc3ccccn3)c2nc1C.CCCCC(CC)COC(=O)c1cc2c([O-])ccc(N=Nc3ccccn3)c2nc1C.[Ni]. The van der Waals surface area contributed by atoms with Crippen LogP contribution in [-0.2, 0) is 26.0 Å². The molecule has 0 bridgehead atoms. The van der Waals surface area contributed by atoms with Gasteiger partial charge >= 0.3 is 11.9 Å². The summed E-state index contributed by atoms with van der Waals surface area (Å²) in [6.07, 6.45) is 11.7. The van der Waals surface area contributed by atoms with E-state index in [1.165, 1.54) is 12.1 Å². The first-order valence-corrected chi connectivity index (χ1v) is 21.3. The number of rotatable bonds is 18. The second kappa shape index (κ2) is 25.0. The van der Waals surface area contributed by atoms with Crippen LogP contribution in [0.5, 0.6) is 11.5 Å². The zero-order valence-electron chi connectivity index (χ0n) is 36.7. The first-order valence-electron chi connectivity index (χ1n) is 21.3. The number of phenolic OH excluding ortho intramolecular Hbond substituents is 1. The summed E-state index contributed by atoms with van der Waals surface area (Å²) in [6.45, 7) is 12.7. The number of nitrogens with zero attached hydrogens (tertiary/aromatic N) is 8. The summed E-state index contributed by atoms with van der Waals surface area (Å²) in [4.78, 5) is 42.7. The molecule has 63 heavy (non-hydrogen) atoms. The van der Waals surface area contributed by atoms with Gasteiger partial charge in [0.15, 0.2) is 11.6 Å². The third-order valence-corrected chi connectivity index (χ3v) is 10.5. The molecule has 6 aromatic rings. The maximum Gasteiger partial charge on any atom is 0.340 e. The van der Waals surface area contributed by atoms with Gasteiger partial charge in [0.25, 0.3) is 0 Å². The summed E-state index contributed by atoms with van der Waals surface area (Å²) in [5.74, 6) is 0.506. The number of fused-ring (bicyclic) bond motifs is 2. The Morgan fingerprint density at radius 2 is 1.11 bits per heavy atom. The Balaban J connectivity index is 0.000000272. The van der Waals surface area contributed by atoms with Gasteiger partial charge in [0.2, 0.25) is 0 Å². The number of azo groups is 2. The normalized spacial score (nSPS) is 12.2. The molecule has 0 saturated heterocycles. The largest absolute Gasteiger partial charge is 0.872 e. The molecule has 2 aromatic carbocycles. The van der Waals surface area contributed by atoms with Crippen LogP contribution in [0.4, 0.5) is 23.0 Å². The fourth-order valence-electron chi connectivity index (χ4n) is 6.58. The van der Waals surface area contributed by atoms with Crippen LogP contribution < -0.4 is 5.11 Å². The second-order valence-electron chi connectivity index (χ2n) is 15.0. The first kappa shape index (κ1) is 49.4. The summed E-state index contributed by atoms with van der Waals surface area (Å²) in [7, 11) is 0. The molecular formula is C48H55N8NiO6-. The van der Waals surface area contributed by atoms with Crippen molar-refractivity contribution in [2.24, 2.45) is 32.3 Å². The zero-order chi connectivity index (χ0) is 44.4. The molecule has 0 aliphatic heterocycles. The van der Waals surface area contributed by atoms with Crippen molar-refractivity contribution in [3.8, 4) is 11.5 Å². The minimum atomic E-state index is -0.457. The number of esters is 2. The molecule has 0 amide bonds. The average Bonchev–Trinajstić information content (AvgIpc) is 3.29. The summed E-state index contributed by atoms with van der Waals surface area (Å²) in [6, 6.07) is 20.0. The van der Waals surface area contributed by atoms with Crippen molar-refractivity contribution in [1.82, 2.24) is 19.9 Å². The van der Waals surface area contributed by atoms with Crippen LogP contribution in [-0.4, -0.2) is 50.2 Å². The number of hydrogen-bond acceptors (Lipinski definition) is 14. The number of carbonyl (C=O) groups excluding carboxylic acids is 2. The van der Waals surface area contributed by atoms with Crippen LogP contribution in [0.25, 0.3) is 21.8 Å². The number of unbranched alkanes of at least 4 members (excludes halogenated alkanes) is 2. The van der Waals surface area contributed by atoms with Crippen molar-refractivity contribution in [2.75, 3.05) is 13.2 Å². The molecule has 0 aliphatic rings. The van der Waals surface area contributed by atoms with Crippen LogP contribution in [0.1, 0.15) is 111 Å². The van der Waals surface area contributed by atoms with Crippen LogP contribution in [0.3, 0.4) is 0 Å². The first-order chi connectivity index (χ1) is 30.1. The molecule has 15 heteroatoms. The van der Waals surface area contributed by atoms with E-state index in [0.717, 1.165) is 51.4 Å². The Kier molecular flexibility index (Phi) is 19.7. The maximum absolute atomic E-state index is 12.7. The number of benzene rings is 2. The standard InChI is InChI=1S/2C24H28N4O3.Ni/c2*1-4-6-9-17(5-2)15-31-24(30)18-14-19-21(29)12-11-20(23(19)26-16(18)3)27-28-22-10-7-8-13-25-22;/h2*7-8,10-14,17,29H,4-6,9,15H2,1-3H3;/p-1. The number of aryl methyl sites for hydroxylation is 2. The van der Waals surface area contributed by atoms with Gasteiger partial charge in [-0.25, -0.2) is 29.5 Å². The average molecular weight is 899 g/mol. The van der Waals surface area contributed by atoms with Gasteiger partial charge in [-0.3, -0.25) is 0 Å². The molecule has 2 atom stereocenters. The summed E-state index contributed by atoms with van der Waals surface area (Å²) < 4.78 is 11.1. The molecule has 0 spiro atoms. The van der Waals surface area contributed by atoms with Gasteiger partial charge in [-0.2, -0.15) is 0 Å². The van der Waals surface area contributed by atoms with Crippen molar-refractivity contribution in [1.29, 1.82) is 0 Å². The molecule has 4 aromatic heterocycles. The zero-order valence-corrected chi connectivity index (χ0v) is 37.7. The molecule has 6 rings (SSSR count). The van der Waals surface area contributed by atoms with Gasteiger partial charge < -0.3 is 19.7 Å². The fourth-order valence-corrected chi connectivity index (χ4v) is 6.58. The van der Waals surface area contributed by atoms with Gasteiger partial charge in [-0.1, -0.05) is 90.2 Å². The summed E-state index contributed by atoms with van der Waals surface area (Å²) >= 11 is 0. The van der Waals surface area contributed by atoms with E-state index in [-0.39, 0.29) is 28.0 Å². The number of phenols is 1.